The van der Waals surface area contributed by atoms with E-state index in [0.717, 1.165) is 10.7 Å². The number of rotatable bonds is 8. The van der Waals surface area contributed by atoms with Crippen molar-refractivity contribution < 1.29 is 14.4 Å². The largest absolute Gasteiger partial charge is 0.356 e. The number of nitrogens with one attached hydrogen (secondary N) is 2. The van der Waals surface area contributed by atoms with Crippen LogP contribution in [0.4, 0.5) is 4.79 Å². The summed E-state index contributed by atoms with van der Waals surface area (Å²) in [5.74, 6) is 0.184. The Bertz CT molecular complexity index is 612. The van der Waals surface area contributed by atoms with Gasteiger partial charge in [0.25, 0.3) is 5.91 Å². The minimum atomic E-state index is -0.775. The predicted molar refractivity (Wildman–Crippen MR) is 86.1 cm³/mol. The first-order chi connectivity index (χ1) is 11.4. The molecule has 2 N–H and O–H groups in total. The standard InChI is InChI=1S/C15H24N6O3/c1-4-7-20-14(23)11(18-15(20)24)8-13(22)16-6-5-12-19-17-9-21(12)10(2)3/h9-11H,4-8H2,1-3H3,(H,16,22)(H,18,24). The summed E-state index contributed by atoms with van der Waals surface area (Å²) >= 11 is 0. The van der Waals surface area contributed by atoms with Gasteiger partial charge in [0.2, 0.25) is 5.91 Å². The molecule has 132 valence electrons. The SMILES string of the molecule is CCCN1C(=O)NC(CC(=O)NCCc2nncn2C(C)C)C1=O. The van der Waals surface area contributed by atoms with Gasteiger partial charge in [0.05, 0.1) is 6.42 Å². The second kappa shape index (κ2) is 7.89. The van der Waals surface area contributed by atoms with Crippen LogP contribution < -0.4 is 10.6 Å². The van der Waals surface area contributed by atoms with E-state index in [-0.39, 0.29) is 24.3 Å². The van der Waals surface area contributed by atoms with Gasteiger partial charge in [0, 0.05) is 25.6 Å². The van der Waals surface area contributed by atoms with Gasteiger partial charge in [-0.1, -0.05) is 6.92 Å². The van der Waals surface area contributed by atoms with Crippen molar-refractivity contribution in [3.05, 3.63) is 12.2 Å². The number of aromatic nitrogens is 3. The lowest BCUT2D eigenvalue weighted by molar-refractivity contribution is -0.130. The summed E-state index contributed by atoms with van der Waals surface area (Å²) in [4.78, 5) is 36.9. The highest BCUT2D eigenvalue weighted by Crippen LogP contribution is 2.10. The van der Waals surface area contributed by atoms with Crippen molar-refractivity contribution in [1.82, 2.24) is 30.3 Å². The number of imide groups is 1. The average molecular weight is 336 g/mol. The molecule has 9 nitrogen and oxygen atoms in total. The summed E-state index contributed by atoms with van der Waals surface area (Å²) in [6.45, 7) is 6.71. The number of hydrogen-bond acceptors (Lipinski definition) is 5. The van der Waals surface area contributed by atoms with Gasteiger partial charge in [0.15, 0.2) is 0 Å². The van der Waals surface area contributed by atoms with E-state index in [9.17, 15) is 14.4 Å². The minimum Gasteiger partial charge on any atom is -0.356 e. The van der Waals surface area contributed by atoms with Crippen molar-refractivity contribution in [1.29, 1.82) is 0 Å². The van der Waals surface area contributed by atoms with E-state index in [2.05, 4.69) is 20.8 Å². The van der Waals surface area contributed by atoms with Gasteiger partial charge >= 0.3 is 6.03 Å². The minimum absolute atomic E-state index is 0.0539. The van der Waals surface area contributed by atoms with Crippen LogP contribution in [0.5, 0.6) is 0 Å². The third kappa shape index (κ3) is 4.09. The number of carbonyl (C=O) groups is 3. The van der Waals surface area contributed by atoms with E-state index in [1.165, 1.54) is 0 Å². The van der Waals surface area contributed by atoms with E-state index in [0.29, 0.717) is 25.9 Å². The molecule has 1 unspecified atom stereocenters. The van der Waals surface area contributed by atoms with Gasteiger partial charge in [0.1, 0.15) is 18.2 Å². The zero-order valence-corrected chi connectivity index (χ0v) is 14.3. The maximum absolute atomic E-state index is 12.1. The molecule has 24 heavy (non-hydrogen) atoms. The molecule has 2 rings (SSSR count). The number of nitrogens with zero attached hydrogens (tertiary/aromatic N) is 4. The van der Waals surface area contributed by atoms with Crippen LogP contribution in [-0.4, -0.2) is 56.6 Å². The van der Waals surface area contributed by atoms with Crippen molar-refractivity contribution in [3.63, 3.8) is 0 Å². The van der Waals surface area contributed by atoms with E-state index in [1.807, 2.05) is 25.3 Å². The zero-order chi connectivity index (χ0) is 17.7. The highest BCUT2D eigenvalue weighted by atomic mass is 16.2. The molecule has 0 bridgehead atoms. The van der Waals surface area contributed by atoms with Crippen LogP contribution >= 0.6 is 0 Å². The summed E-state index contributed by atoms with van der Waals surface area (Å²) < 4.78 is 1.94. The molecule has 1 saturated heterocycles. The molecule has 1 fully saturated rings. The van der Waals surface area contributed by atoms with Crippen molar-refractivity contribution in [3.8, 4) is 0 Å². The molecule has 1 aliphatic heterocycles. The van der Waals surface area contributed by atoms with Crippen molar-refractivity contribution >= 4 is 17.8 Å². The smallest absolute Gasteiger partial charge is 0.324 e. The lowest BCUT2D eigenvalue weighted by atomic mass is 10.2. The molecular weight excluding hydrogens is 312 g/mol. The van der Waals surface area contributed by atoms with Crippen molar-refractivity contribution in [2.45, 2.75) is 52.1 Å². The molecular formula is C15H24N6O3. The Morgan fingerprint density at radius 2 is 2.17 bits per heavy atom. The third-order valence-electron chi connectivity index (χ3n) is 3.82. The molecule has 1 aromatic heterocycles. The Labute approximate surface area is 140 Å². The van der Waals surface area contributed by atoms with E-state index < -0.39 is 12.1 Å². The highest BCUT2D eigenvalue weighted by molar-refractivity contribution is 6.05. The summed E-state index contributed by atoms with van der Waals surface area (Å²) in [6, 6.07) is -0.949. The molecule has 2 heterocycles. The molecule has 0 spiro atoms. The summed E-state index contributed by atoms with van der Waals surface area (Å²) in [7, 11) is 0. The van der Waals surface area contributed by atoms with Gasteiger partial charge in [-0.2, -0.15) is 0 Å². The van der Waals surface area contributed by atoms with Gasteiger partial charge in [-0.05, 0) is 20.3 Å². The van der Waals surface area contributed by atoms with Crippen LogP contribution in [0.2, 0.25) is 0 Å². The lowest BCUT2D eigenvalue weighted by Crippen LogP contribution is -2.37. The Morgan fingerprint density at radius 3 is 2.83 bits per heavy atom. The van der Waals surface area contributed by atoms with Gasteiger partial charge < -0.3 is 15.2 Å². The average Bonchev–Trinajstić information content (AvgIpc) is 3.08. The second-order valence-corrected chi connectivity index (χ2v) is 6.04. The first-order valence-electron chi connectivity index (χ1n) is 8.21. The fourth-order valence-electron chi connectivity index (χ4n) is 2.60. The van der Waals surface area contributed by atoms with Gasteiger partial charge in [-0.25, -0.2) is 4.79 Å². The molecule has 0 radical (unpaired) electrons. The molecule has 1 aromatic rings. The number of hydrogen-bond donors (Lipinski definition) is 2. The van der Waals surface area contributed by atoms with Crippen LogP contribution in [0.3, 0.4) is 0 Å². The van der Waals surface area contributed by atoms with Crippen LogP contribution in [0.1, 0.15) is 45.5 Å². The fraction of sp³-hybridized carbons (Fsp3) is 0.667. The molecule has 1 atom stereocenters. The number of urea groups is 1. The van der Waals surface area contributed by atoms with E-state index in [4.69, 9.17) is 0 Å². The molecule has 1 aliphatic rings. The van der Waals surface area contributed by atoms with E-state index >= 15 is 0 Å². The third-order valence-corrected chi connectivity index (χ3v) is 3.82. The Morgan fingerprint density at radius 1 is 1.42 bits per heavy atom. The van der Waals surface area contributed by atoms with Crippen molar-refractivity contribution in [2.24, 2.45) is 0 Å². The molecule has 0 aliphatic carbocycles. The van der Waals surface area contributed by atoms with E-state index in [1.54, 1.807) is 6.33 Å². The molecule has 4 amide bonds. The molecule has 0 aromatic carbocycles. The normalized spacial score (nSPS) is 17.5. The molecule has 0 saturated carbocycles. The van der Waals surface area contributed by atoms with Crippen molar-refractivity contribution in [2.75, 3.05) is 13.1 Å². The van der Waals surface area contributed by atoms with Gasteiger partial charge in [-0.15, -0.1) is 10.2 Å². The summed E-state index contributed by atoms with van der Waals surface area (Å²) in [5, 5.41) is 13.2. The summed E-state index contributed by atoms with van der Waals surface area (Å²) in [6.07, 6.45) is 2.85. The molecule has 9 heteroatoms. The number of amides is 4. The van der Waals surface area contributed by atoms with Crippen LogP contribution in [0, 0.1) is 0 Å². The fourth-order valence-corrected chi connectivity index (χ4v) is 2.60. The lowest BCUT2D eigenvalue weighted by Gasteiger charge is -2.12. The first-order valence-corrected chi connectivity index (χ1v) is 8.21. The van der Waals surface area contributed by atoms with Crippen LogP contribution in [-0.2, 0) is 16.0 Å². The zero-order valence-electron chi connectivity index (χ0n) is 14.3. The Hall–Kier alpha value is -2.45. The highest BCUT2D eigenvalue weighted by Gasteiger charge is 2.38. The summed E-state index contributed by atoms with van der Waals surface area (Å²) in [5.41, 5.74) is 0. The second-order valence-electron chi connectivity index (χ2n) is 6.04. The Kier molecular flexibility index (Phi) is 5.88. The van der Waals surface area contributed by atoms with Crippen LogP contribution in [0.25, 0.3) is 0 Å². The first kappa shape index (κ1) is 17.9. The monoisotopic (exact) mass is 336 g/mol. The predicted octanol–water partition coefficient (Wildman–Crippen LogP) is 0.238. The topological polar surface area (TPSA) is 109 Å². The maximum atomic E-state index is 12.1. The number of carbonyl (C=O) groups excluding carboxylic acids is 3. The quantitative estimate of drug-likeness (QED) is 0.661. The maximum Gasteiger partial charge on any atom is 0.324 e. The van der Waals surface area contributed by atoms with Crippen LogP contribution in [0.15, 0.2) is 6.33 Å². The van der Waals surface area contributed by atoms with Gasteiger partial charge in [-0.3, -0.25) is 14.5 Å². The Balaban J connectivity index is 1.79.